The maximum atomic E-state index is 11.0. The van der Waals surface area contributed by atoms with E-state index in [0.717, 1.165) is 0 Å². The molecule has 0 heterocycles. The first kappa shape index (κ1) is 14.4. The highest BCUT2D eigenvalue weighted by Gasteiger charge is 2.08. The maximum Gasteiger partial charge on any atom is 0.148 e. The molecule has 0 N–H and O–H groups in total. The molecule has 0 atom stereocenters. The lowest BCUT2D eigenvalue weighted by molar-refractivity contribution is 0.152. The molecule has 0 saturated carbocycles. The van der Waals surface area contributed by atoms with E-state index in [1.54, 1.807) is 7.11 Å². The molecule has 0 unspecified atom stereocenters. The topological polar surface area (TPSA) is 70.4 Å². The molecule has 0 rings (SSSR count). The van der Waals surface area contributed by atoms with Crippen LogP contribution in [0.3, 0.4) is 0 Å². The molecule has 0 aromatic carbocycles. The molecule has 0 fully saturated rings. The van der Waals surface area contributed by atoms with Crippen molar-refractivity contribution in [2.45, 2.75) is 6.42 Å². The highest BCUT2D eigenvalue weighted by atomic mass is 32.2. The van der Waals surface area contributed by atoms with Gasteiger partial charge in [0.15, 0.2) is 0 Å². The van der Waals surface area contributed by atoms with Crippen molar-refractivity contribution in [2.75, 3.05) is 45.4 Å². The molecule has 15 heavy (non-hydrogen) atoms. The number of methoxy groups -OCH3 is 1. The molecule has 0 aliphatic heterocycles. The monoisotopic (exact) mass is 234 g/mol. The molecule has 5 nitrogen and oxygen atoms in total. The highest BCUT2D eigenvalue weighted by molar-refractivity contribution is 7.90. The molecule has 88 valence electrons. The zero-order chi connectivity index (χ0) is 11.7. The zero-order valence-corrected chi connectivity index (χ0v) is 10.1. The first-order chi connectivity index (χ1) is 6.99. The molecule has 0 aliphatic carbocycles. The van der Waals surface area contributed by atoms with Crippen LogP contribution >= 0.6 is 0 Å². The molecule has 0 aliphatic rings. The summed E-state index contributed by atoms with van der Waals surface area (Å²) in [6.45, 7) is 2.27. The number of rotatable bonds is 8. The summed E-state index contributed by atoms with van der Waals surface area (Å²) in [7, 11) is -1.34. The molecular formula is C9H18N2O3S. The Labute approximate surface area is 91.6 Å². The number of hydrogen-bond donors (Lipinski definition) is 0. The van der Waals surface area contributed by atoms with E-state index >= 15 is 0 Å². The number of nitriles is 1. The van der Waals surface area contributed by atoms with Crippen LogP contribution in [-0.2, 0) is 14.6 Å². The smallest absolute Gasteiger partial charge is 0.148 e. The van der Waals surface area contributed by atoms with Gasteiger partial charge >= 0.3 is 0 Å². The van der Waals surface area contributed by atoms with Crippen molar-refractivity contribution in [3.05, 3.63) is 0 Å². The quantitative estimate of drug-likeness (QED) is 0.586. The summed E-state index contributed by atoms with van der Waals surface area (Å²) in [5, 5.41) is 8.44. The lowest BCUT2D eigenvalue weighted by Crippen LogP contribution is -2.32. The van der Waals surface area contributed by atoms with Gasteiger partial charge in [0.25, 0.3) is 0 Å². The normalized spacial score (nSPS) is 11.6. The molecule has 0 radical (unpaired) electrons. The molecule has 0 aromatic heterocycles. The van der Waals surface area contributed by atoms with Crippen LogP contribution in [0, 0.1) is 11.3 Å². The summed E-state index contributed by atoms with van der Waals surface area (Å²) in [5.41, 5.74) is 0. The van der Waals surface area contributed by atoms with Gasteiger partial charge in [-0.05, 0) is 0 Å². The first-order valence-electron chi connectivity index (χ1n) is 4.75. The van der Waals surface area contributed by atoms with Gasteiger partial charge in [0.2, 0.25) is 0 Å². The highest BCUT2D eigenvalue weighted by Crippen LogP contribution is 1.94. The van der Waals surface area contributed by atoms with Crippen molar-refractivity contribution in [2.24, 2.45) is 0 Å². The van der Waals surface area contributed by atoms with Crippen molar-refractivity contribution in [3.63, 3.8) is 0 Å². The van der Waals surface area contributed by atoms with Gasteiger partial charge in [-0.25, -0.2) is 8.42 Å². The Morgan fingerprint density at radius 1 is 1.33 bits per heavy atom. The van der Waals surface area contributed by atoms with Gasteiger partial charge in [-0.2, -0.15) is 5.26 Å². The second-order valence-corrected chi connectivity index (χ2v) is 5.63. The summed E-state index contributed by atoms with van der Waals surface area (Å²) >= 11 is 0. The fraction of sp³-hybridized carbons (Fsp3) is 0.889. The molecule has 0 amide bonds. The fourth-order valence-electron chi connectivity index (χ4n) is 1.06. The molecular weight excluding hydrogens is 216 g/mol. The van der Waals surface area contributed by atoms with E-state index in [1.807, 2.05) is 11.0 Å². The third kappa shape index (κ3) is 9.66. The Morgan fingerprint density at radius 3 is 2.47 bits per heavy atom. The number of sulfone groups is 1. The lowest BCUT2D eigenvalue weighted by Gasteiger charge is -2.19. The molecule has 0 bridgehead atoms. The Bertz CT molecular complexity index is 295. The number of hydrogen-bond acceptors (Lipinski definition) is 5. The number of ether oxygens (including phenoxy) is 1. The van der Waals surface area contributed by atoms with Gasteiger partial charge in [0, 0.05) is 39.4 Å². The van der Waals surface area contributed by atoms with E-state index in [2.05, 4.69) is 0 Å². The van der Waals surface area contributed by atoms with Gasteiger partial charge in [-0.3, -0.25) is 4.90 Å². The van der Waals surface area contributed by atoms with Crippen molar-refractivity contribution in [1.82, 2.24) is 4.90 Å². The van der Waals surface area contributed by atoms with Crippen LogP contribution < -0.4 is 0 Å². The predicted molar refractivity (Wildman–Crippen MR) is 58.3 cm³/mol. The molecule has 6 heteroatoms. The van der Waals surface area contributed by atoms with Crippen LogP contribution in [0.2, 0.25) is 0 Å². The molecule has 0 spiro atoms. The minimum absolute atomic E-state index is 0.127. The van der Waals surface area contributed by atoms with Gasteiger partial charge in [0.05, 0.1) is 18.4 Å². The predicted octanol–water partition coefficient (Wildman–Crippen LogP) is -0.107. The minimum atomic E-state index is -2.93. The van der Waals surface area contributed by atoms with E-state index in [9.17, 15) is 8.42 Å². The van der Waals surface area contributed by atoms with Gasteiger partial charge in [-0.15, -0.1) is 0 Å². The van der Waals surface area contributed by atoms with Crippen molar-refractivity contribution in [3.8, 4) is 6.07 Å². The van der Waals surface area contributed by atoms with Crippen LogP contribution in [0.4, 0.5) is 0 Å². The first-order valence-corrected chi connectivity index (χ1v) is 6.81. The van der Waals surface area contributed by atoms with Crippen LogP contribution in [-0.4, -0.2) is 58.7 Å². The van der Waals surface area contributed by atoms with Crippen LogP contribution in [0.5, 0.6) is 0 Å². The Morgan fingerprint density at radius 2 is 2.00 bits per heavy atom. The summed E-state index contributed by atoms with van der Waals surface area (Å²) in [5.74, 6) is 0.127. The van der Waals surface area contributed by atoms with E-state index in [1.165, 1.54) is 6.26 Å². The Balaban J connectivity index is 3.95. The molecule has 0 aromatic rings. The zero-order valence-electron chi connectivity index (χ0n) is 9.27. The van der Waals surface area contributed by atoms with E-state index in [4.69, 9.17) is 10.00 Å². The minimum Gasteiger partial charge on any atom is -0.383 e. The van der Waals surface area contributed by atoms with Crippen molar-refractivity contribution >= 4 is 9.84 Å². The van der Waals surface area contributed by atoms with Gasteiger partial charge in [0.1, 0.15) is 9.84 Å². The maximum absolute atomic E-state index is 11.0. The standard InChI is InChI=1S/C9H18N2O3S/c1-14-8-6-11(5-3-4-10)7-9-15(2,12)13/h3,5-9H2,1-2H3. The fourth-order valence-corrected chi connectivity index (χ4v) is 1.65. The van der Waals surface area contributed by atoms with Crippen LogP contribution in [0.25, 0.3) is 0 Å². The Hall–Kier alpha value is -0.640. The van der Waals surface area contributed by atoms with Gasteiger partial charge < -0.3 is 4.74 Å². The van der Waals surface area contributed by atoms with E-state index in [-0.39, 0.29) is 5.75 Å². The van der Waals surface area contributed by atoms with Gasteiger partial charge in [-0.1, -0.05) is 0 Å². The second-order valence-electron chi connectivity index (χ2n) is 3.37. The van der Waals surface area contributed by atoms with E-state index in [0.29, 0.717) is 32.7 Å². The van der Waals surface area contributed by atoms with Crippen molar-refractivity contribution < 1.29 is 13.2 Å². The summed E-state index contributed by atoms with van der Waals surface area (Å²) in [6, 6.07) is 2.04. The molecule has 0 saturated heterocycles. The number of nitrogens with zero attached hydrogens (tertiary/aromatic N) is 2. The van der Waals surface area contributed by atoms with Crippen LogP contribution in [0.1, 0.15) is 6.42 Å². The summed E-state index contributed by atoms with van der Waals surface area (Å²) < 4.78 is 26.8. The van der Waals surface area contributed by atoms with E-state index < -0.39 is 9.84 Å². The van der Waals surface area contributed by atoms with Crippen molar-refractivity contribution in [1.29, 1.82) is 5.26 Å². The second kappa shape index (κ2) is 7.63. The third-order valence-corrected chi connectivity index (χ3v) is 2.85. The average Bonchev–Trinajstić information content (AvgIpc) is 2.15. The lowest BCUT2D eigenvalue weighted by atomic mass is 10.4. The average molecular weight is 234 g/mol. The van der Waals surface area contributed by atoms with Crippen LogP contribution in [0.15, 0.2) is 0 Å². The Kier molecular flexibility index (Phi) is 7.30. The third-order valence-electron chi connectivity index (χ3n) is 1.93. The summed E-state index contributed by atoms with van der Waals surface area (Å²) in [4.78, 5) is 1.92. The SMILES string of the molecule is COCCN(CCC#N)CCS(C)(=O)=O. The summed E-state index contributed by atoms with van der Waals surface area (Å²) in [6.07, 6.45) is 1.62. The largest absolute Gasteiger partial charge is 0.383 e.